The number of alkyl halides is 1. The molecule has 0 unspecified atom stereocenters. The molecule has 3 aromatic heterocycles. The number of fused-ring (bicyclic) bond motifs is 1. The smallest absolute Gasteiger partial charge is 0.159 e. The molecule has 0 aliphatic rings. The lowest BCUT2D eigenvalue weighted by Crippen LogP contribution is -2.08. The third kappa shape index (κ3) is 2.06. The van der Waals surface area contributed by atoms with Crippen molar-refractivity contribution in [2.75, 3.05) is 0 Å². The van der Waals surface area contributed by atoms with E-state index in [9.17, 15) is 0 Å². The van der Waals surface area contributed by atoms with Gasteiger partial charge in [0.2, 0.25) is 0 Å². The van der Waals surface area contributed by atoms with Gasteiger partial charge in [0, 0.05) is 13.2 Å². The lowest BCUT2D eigenvalue weighted by Gasteiger charge is -2.07. The second-order valence-corrected chi connectivity index (χ2v) is 4.81. The maximum absolute atomic E-state index is 6.03. The Labute approximate surface area is 121 Å². The number of imidazole rings is 1. The molecule has 6 nitrogen and oxygen atoms in total. The average molecular weight is 291 g/mol. The number of hydrogen-bond donors (Lipinski definition) is 0. The Morgan fingerprint density at radius 1 is 1.35 bits per heavy atom. The van der Waals surface area contributed by atoms with Gasteiger partial charge in [-0.25, -0.2) is 15.0 Å². The molecule has 0 bridgehead atoms. The van der Waals surface area contributed by atoms with Crippen molar-refractivity contribution in [2.24, 2.45) is 7.05 Å². The van der Waals surface area contributed by atoms with Crippen LogP contribution in [0.4, 0.5) is 0 Å². The summed E-state index contributed by atoms with van der Waals surface area (Å²) >= 11 is 6.03. The normalized spacial score (nSPS) is 11.3. The highest BCUT2D eigenvalue weighted by Crippen LogP contribution is 2.21. The molecule has 0 atom stereocenters. The fourth-order valence-electron chi connectivity index (χ4n) is 2.37. The number of aryl methyl sites for hydroxylation is 2. The molecule has 0 saturated carbocycles. The number of rotatable bonds is 4. The van der Waals surface area contributed by atoms with Gasteiger partial charge in [0.25, 0.3) is 0 Å². The fourth-order valence-corrected chi connectivity index (χ4v) is 2.57. The highest BCUT2D eigenvalue weighted by molar-refractivity contribution is 6.16. The van der Waals surface area contributed by atoms with Crippen LogP contribution in [0.5, 0.6) is 0 Å². The lowest BCUT2D eigenvalue weighted by molar-refractivity contribution is 0.689. The third-order valence-corrected chi connectivity index (χ3v) is 3.53. The SMILES string of the molecule is CCc1nn(C)c2c1nc(CCl)n2Cc1ccncn1. The number of aromatic nitrogens is 6. The van der Waals surface area contributed by atoms with E-state index >= 15 is 0 Å². The summed E-state index contributed by atoms with van der Waals surface area (Å²) in [6.07, 6.45) is 4.13. The second-order valence-electron chi connectivity index (χ2n) is 4.54. The van der Waals surface area contributed by atoms with Gasteiger partial charge in [-0.1, -0.05) is 6.92 Å². The van der Waals surface area contributed by atoms with Crippen LogP contribution in [0.1, 0.15) is 24.1 Å². The molecule has 0 fully saturated rings. The molecule has 0 radical (unpaired) electrons. The van der Waals surface area contributed by atoms with E-state index in [0.717, 1.165) is 34.8 Å². The standard InChI is InChI=1S/C13H15ClN6/c1-3-10-12-13(19(2)18-10)20(11(6-14)17-12)7-9-4-5-15-8-16-9/h4-5,8H,3,6-7H2,1-2H3. The van der Waals surface area contributed by atoms with Crippen molar-refractivity contribution in [3.05, 3.63) is 35.8 Å². The molecule has 3 rings (SSSR count). The summed E-state index contributed by atoms with van der Waals surface area (Å²) < 4.78 is 3.93. The van der Waals surface area contributed by atoms with Crippen LogP contribution in [-0.2, 0) is 25.9 Å². The van der Waals surface area contributed by atoms with Crippen molar-refractivity contribution in [3.63, 3.8) is 0 Å². The first-order valence-electron chi connectivity index (χ1n) is 6.46. The van der Waals surface area contributed by atoms with Crippen molar-refractivity contribution in [2.45, 2.75) is 25.8 Å². The van der Waals surface area contributed by atoms with E-state index in [0.29, 0.717) is 12.4 Å². The van der Waals surface area contributed by atoms with Gasteiger partial charge in [0.15, 0.2) is 5.65 Å². The number of halogens is 1. The van der Waals surface area contributed by atoms with Crippen LogP contribution in [0.25, 0.3) is 11.2 Å². The third-order valence-electron chi connectivity index (χ3n) is 3.29. The Kier molecular flexibility index (Phi) is 3.40. The van der Waals surface area contributed by atoms with Crippen molar-refractivity contribution >= 4 is 22.8 Å². The summed E-state index contributed by atoms with van der Waals surface area (Å²) in [6, 6.07) is 1.89. The van der Waals surface area contributed by atoms with Gasteiger partial charge in [-0.15, -0.1) is 11.6 Å². The van der Waals surface area contributed by atoms with E-state index in [4.69, 9.17) is 11.6 Å². The highest BCUT2D eigenvalue weighted by atomic mass is 35.5. The van der Waals surface area contributed by atoms with Crippen molar-refractivity contribution in [3.8, 4) is 0 Å². The van der Waals surface area contributed by atoms with E-state index in [1.807, 2.05) is 17.8 Å². The molecular weight excluding hydrogens is 276 g/mol. The summed E-state index contributed by atoms with van der Waals surface area (Å²) in [7, 11) is 1.93. The van der Waals surface area contributed by atoms with Crippen molar-refractivity contribution < 1.29 is 0 Å². The van der Waals surface area contributed by atoms with Crippen molar-refractivity contribution in [1.29, 1.82) is 0 Å². The first kappa shape index (κ1) is 13.1. The molecule has 0 amide bonds. The van der Waals surface area contributed by atoms with Crippen LogP contribution >= 0.6 is 11.6 Å². The van der Waals surface area contributed by atoms with Gasteiger partial charge in [0.05, 0.1) is 23.8 Å². The molecule has 3 aromatic rings. The van der Waals surface area contributed by atoms with Gasteiger partial charge < -0.3 is 4.57 Å². The zero-order valence-corrected chi connectivity index (χ0v) is 12.2. The zero-order chi connectivity index (χ0) is 14.1. The van der Waals surface area contributed by atoms with E-state index < -0.39 is 0 Å². The average Bonchev–Trinajstić information content (AvgIpc) is 2.98. The van der Waals surface area contributed by atoms with E-state index in [1.165, 1.54) is 0 Å². The van der Waals surface area contributed by atoms with Gasteiger partial charge in [-0.3, -0.25) is 4.68 Å². The maximum atomic E-state index is 6.03. The summed E-state index contributed by atoms with van der Waals surface area (Å²) in [6.45, 7) is 2.69. The monoisotopic (exact) mass is 290 g/mol. The minimum Gasteiger partial charge on any atom is -0.306 e. The predicted octanol–water partition coefficient (Wildman–Crippen LogP) is 1.91. The van der Waals surface area contributed by atoms with Gasteiger partial charge in [0.1, 0.15) is 17.7 Å². The zero-order valence-electron chi connectivity index (χ0n) is 11.4. The number of nitrogens with zero attached hydrogens (tertiary/aromatic N) is 6. The quantitative estimate of drug-likeness (QED) is 0.689. The molecule has 0 N–H and O–H groups in total. The topological polar surface area (TPSA) is 61.4 Å². The van der Waals surface area contributed by atoms with Crippen LogP contribution in [0.3, 0.4) is 0 Å². The Morgan fingerprint density at radius 3 is 2.85 bits per heavy atom. The molecule has 3 heterocycles. The molecule has 0 saturated heterocycles. The maximum Gasteiger partial charge on any atom is 0.159 e. The highest BCUT2D eigenvalue weighted by Gasteiger charge is 2.18. The summed E-state index contributed by atoms with van der Waals surface area (Å²) in [5.74, 6) is 1.20. The van der Waals surface area contributed by atoms with Crippen LogP contribution < -0.4 is 0 Å². The molecule has 0 aromatic carbocycles. The number of hydrogen-bond acceptors (Lipinski definition) is 4. The Balaban J connectivity index is 2.15. The van der Waals surface area contributed by atoms with E-state index in [2.05, 4.69) is 31.5 Å². The molecule has 0 aliphatic carbocycles. The summed E-state index contributed by atoms with van der Waals surface area (Å²) in [4.78, 5) is 12.8. The largest absolute Gasteiger partial charge is 0.306 e. The minimum absolute atomic E-state index is 0.364. The fraction of sp³-hybridized carbons (Fsp3) is 0.385. The molecule has 0 spiro atoms. The molecule has 7 heteroatoms. The van der Waals surface area contributed by atoms with Gasteiger partial charge in [-0.2, -0.15) is 5.10 Å². The summed E-state index contributed by atoms with van der Waals surface area (Å²) in [5.41, 5.74) is 3.83. The second kappa shape index (κ2) is 5.20. The van der Waals surface area contributed by atoms with Crippen LogP contribution in [0.2, 0.25) is 0 Å². The lowest BCUT2D eigenvalue weighted by atomic mass is 10.3. The predicted molar refractivity (Wildman–Crippen MR) is 76.6 cm³/mol. The van der Waals surface area contributed by atoms with Crippen LogP contribution in [-0.4, -0.2) is 29.3 Å². The Hall–Kier alpha value is -1.95. The first-order chi connectivity index (χ1) is 9.74. The Morgan fingerprint density at radius 2 is 2.20 bits per heavy atom. The Bertz CT molecular complexity index is 730. The molecule has 0 aliphatic heterocycles. The van der Waals surface area contributed by atoms with Gasteiger partial charge in [-0.05, 0) is 12.5 Å². The molecule has 20 heavy (non-hydrogen) atoms. The van der Waals surface area contributed by atoms with E-state index in [1.54, 1.807) is 12.5 Å². The van der Waals surface area contributed by atoms with Crippen LogP contribution in [0, 0.1) is 0 Å². The molecular formula is C13H15ClN6. The first-order valence-corrected chi connectivity index (χ1v) is 6.99. The van der Waals surface area contributed by atoms with Crippen molar-refractivity contribution in [1.82, 2.24) is 29.3 Å². The van der Waals surface area contributed by atoms with Crippen LogP contribution in [0.15, 0.2) is 18.6 Å². The summed E-state index contributed by atoms with van der Waals surface area (Å²) in [5, 5.41) is 4.50. The van der Waals surface area contributed by atoms with E-state index in [-0.39, 0.29) is 0 Å². The minimum atomic E-state index is 0.364. The molecule has 104 valence electrons. The van der Waals surface area contributed by atoms with Gasteiger partial charge >= 0.3 is 0 Å².